The Morgan fingerprint density at radius 3 is 2.73 bits per heavy atom. The molecule has 6 nitrogen and oxygen atoms in total. The van der Waals surface area contributed by atoms with Crippen LogP contribution in [-0.2, 0) is 0 Å². The molecular formula is C15H16N2O4S. The Kier molecular flexibility index (Phi) is 5.11. The highest BCUT2D eigenvalue weighted by molar-refractivity contribution is 7.12. The number of anilines is 1. The lowest BCUT2D eigenvalue weighted by atomic mass is 10.2. The van der Waals surface area contributed by atoms with Gasteiger partial charge in [0.1, 0.15) is 4.88 Å². The topological polar surface area (TPSA) is 88.5 Å². The van der Waals surface area contributed by atoms with E-state index in [1.165, 1.54) is 12.3 Å². The normalized spacial score (nSPS) is 10.5. The van der Waals surface area contributed by atoms with Gasteiger partial charge in [-0.1, -0.05) is 13.8 Å². The van der Waals surface area contributed by atoms with Gasteiger partial charge in [0.15, 0.2) is 0 Å². The average Bonchev–Trinajstić information content (AvgIpc) is 2.96. The van der Waals surface area contributed by atoms with Crippen molar-refractivity contribution in [3.63, 3.8) is 0 Å². The lowest BCUT2D eigenvalue weighted by Crippen LogP contribution is -2.14. The van der Waals surface area contributed by atoms with E-state index in [0.29, 0.717) is 24.1 Å². The summed E-state index contributed by atoms with van der Waals surface area (Å²) in [6.45, 7) is 4.64. The molecule has 7 heteroatoms. The molecule has 2 rings (SSSR count). The number of carbonyl (C=O) groups is 2. The third-order valence-electron chi connectivity index (χ3n) is 2.66. The molecule has 0 aromatic carbocycles. The zero-order chi connectivity index (χ0) is 16.1. The summed E-state index contributed by atoms with van der Waals surface area (Å²) >= 11 is 1.01. The number of hydrogen-bond donors (Lipinski definition) is 2. The van der Waals surface area contributed by atoms with Crippen LogP contribution in [0.5, 0.6) is 5.88 Å². The van der Waals surface area contributed by atoms with Crippen molar-refractivity contribution < 1.29 is 19.4 Å². The minimum Gasteiger partial charge on any atom is -0.477 e. The fraction of sp³-hybridized carbons (Fsp3) is 0.267. The van der Waals surface area contributed by atoms with Crippen LogP contribution in [-0.4, -0.2) is 28.6 Å². The lowest BCUT2D eigenvalue weighted by Gasteiger charge is -2.08. The van der Waals surface area contributed by atoms with Crippen LogP contribution in [0.4, 0.5) is 5.69 Å². The first-order chi connectivity index (χ1) is 10.5. The van der Waals surface area contributed by atoms with Gasteiger partial charge in [-0.05, 0) is 23.4 Å². The Balaban J connectivity index is 2.02. The van der Waals surface area contributed by atoms with Gasteiger partial charge < -0.3 is 15.2 Å². The largest absolute Gasteiger partial charge is 0.477 e. The second-order valence-corrected chi connectivity index (χ2v) is 5.93. The van der Waals surface area contributed by atoms with E-state index in [1.807, 2.05) is 13.8 Å². The first-order valence-corrected chi connectivity index (χ1v) is 7.56. The standard InChI is InChI=1S/C15H16N2O4S/c1-9(2)8-21-12-4-3-10(7-16-12)17-14(18)11-5-6-22-13(11)15(19)20/h3-7,9H,8H2,1-2H3,(H,17,18)(H,19,20). The van der Waals surface area contributed by atoms with E-state index in [0.717, 1.165) is 11.3 Å². The summed E-state index contributed by atoms with van der Waals surface area (Å²) in [4.78, 5) is 27.2. The molecule has 0 radical (unpaired) electrons. The van der Waals surface area contributed by atoms with Crippen molar-refractivity contribution in [3.8, 4) is 5.88 Å². The van der Waals surface area contributed by atoms with Crippen molar-refractivity contribution in [2.45, 2.75) is 13.8 Å². The van der Waals surface area contributed by atoms with E-state index in [1.54, 1.807) is 17.5 Å². The number of amides is 1. The molecule has 2 heterocycles. The quantitative estimate of drug-likeness (QED) is 0.853. The van der Waals surface area contributed by atoms with Crippen molar-refractivity contribution in [1.29, 1.82) is 0 Å². The Bertz CT molecular complexity index is 664. The minimum absolute atomic E-state index is 0.0161. The van der Waals surface area contributed by atoms with Crippen LogP contribution in [0.1, 0.15) is 33.9 Å². The Morgan fingerprint density at radius 1 is 1.36 bits per heavy atom. The molecule has 0 atom stereocenters. The van der Waals surface area contributed by atoms with Gasteiger partial charge in [-0.3, -0.25) is 4.79 Å². The number of nitrogens with one attached hydrogen (secondary N) is 1. The van der Waals surface area contributed by atoms with Crippen LogP contribution in [0.3, 0.4) is 0 Å². The molecule has 2 N–H and O–H groups in total. The van der Waals surface area contributed by atoms with E-state index >= 15 is 0 Å². The van der Waals surface area contributed by atoms with Crippen LogP contribution in [0.25, 0.3) is 0 Å². The van der Waals surface area contributed by atoms with E-state index in [2.05, 4.69) is 10.3 Å². The zero-order valence-corrected chi connectivity index (χ0v) is 13.0. The number of aromatic carboxylic acids is 1. The summed E-state index contributed by atoms with van der Waals surface area (Å²) in [6.07, 6.45) is 1.47. The maximum atomic E-state index is 12.1. The fourth-order valence-corrected chi connectivity index (χ4v) is 2.37. The van der Waals surface area contributed by atoms with Crippen LogP contribution in [0, 0.1) is 5.92 Å². The molecule has 0 saturated carbocycles. The van der Waals surface area contributed by atoms with E-state index in [9.17, 15) is 9.59 Å². The minimum atomic E-state index is -1.12. The smallest absolute Gasteiger partial charge is 0.346 e. The highest BCUT2D eigenvalue weighted by Gasteiger charge is 2.18. The van der Waals surface area contributed by atoms with Gasteiger partial charge in [0.25, 0.3) is 5.91 Å². The van der Waals surface area contributed by atoms with Gasteiger partial charge in [0.2, 0.25) is 5.88 Å². The molecular weight excluding hydrogens is 304 g/mol. The molecule has 116 valence electrons. The predicted octanol–water partition coefficient (Wildman–Crippen LogP) is 3.13. The van der Waals surface area contributed by atoms with Crippen molar-refractivity contribution in [2.24, 2.45) is 5.92 Å². The second kappa shape index (κ2) is 7.04. The van der Waals surface area contributed by atoms with E-state index < -0.39 is 11.9 Å². The summed E-state index contributed by atoms with van der Waals surface area (Å²) in [7, 11) is 0. The SMILES string of the molecule is CC(C)COc1ccc(NC(=O)c2ccsc2C(=O)O)cn1. The number of rotatable bonds is 6. The molecule has 0 saturated heterocycles. The number of thiophene rings is 1. The maximum Gasteiger partial charge on any atom is 0.346 e. The Hall–Kier alpha value is -2.41. The molecule has 0 fully saturated rings. The van der Waals surface area contributed by atoms with Gasteiger partial charge in [-0.25, -0.2) is 9.78 Å². The number of carbonyl (C=O) groups excluding carboxylic acids is 1. The maximum absolute atomic E-state index is 12.1. The van der Waals surface area contributed by atoms with Crippen LogP contribution < -0.4 is 10.1 Å². The summed E-state index contributed by atoms with van der Waals surface area (Å²) in [5, 5.41) is 13.2. The molecule has 2 aromatic rings. The average molecular weight is 320 g/mol. The summed E-state index contributed by atoms with van der Waals surface area (Å²) < 4.78 is 5.45. The Morgan fingerprint density at radius 2 is 2.14 bits per heavy atom. The van der Waals surface area contributed by atoms with E-state index in [-0.39, 0.29) is 10.4 Å². The molecule has 0 aliphatic carbocycles. The first-order valence-electron chi connectivity index (χ1n) is 6.68. The van der Waals surface area contributed by atoms with E-state index in [4.69, 9.17) is 9.84 Å². The molecule has 0 spiro atoms. The Labute approximate surface area is 131 Å². The number of hydrogen-bond acceptors (Lipinski definition) is 5. The number of pyridine rings is 1. The fourth-order valence-electron chi connectivity index (χ4n) is 1.64. The molecule has 0 unspecified atom stereocenters. The van der Waals surface area contributed by atoms with Crippen molar-refractivity contribution >= 4 is 28.9 Å². The first kappa shape index (κ1) is 16.0. The number of carboxylic acids is 1. The summed E-state index contributed by atoms with van der Waals surface area (Å²) in [6, 6.07) is 4.80. The zero-order valence-electron chi connectivity index (χ0n) is 12.2. The highest BCUT2D eigenvalue weighted by atomic mass is 32.1. The van der Waals surface area contributed by atoms with Crippen molar-refractivity contribution in [3.05, 3.63) is 40.2 Å². The number of aromatic nitrogens is 1. The highest BCUT2D eigenvalue weighted by Crippen LogP contribution is 2.19. The van der Waals surface area contributed by atoms with Crippen LogP contribution >= 0.6 is 11.3 Å². The van der Waals surface area contributed by atoms with Gasteiger partial charge in [-0.2, -0.15) is 0 Å². The number of nitrogens with zero attached hydrogens (tertiary/aromatic N) is 1. The predicted molar refractivity (Wildman–Crippen MR) is 83.8 cm³/mol. The number of carboxylic acid groups (broad SMARTS) is 1. The number of ether oxygens (including phenoxy) is 1. The van der Waals surface area contributed by atoms with Crippen LogP contribution in [0.2, 0.25) is 0 Å². The third kappa shape index (κ3) is 4.05. The molecule has 22 heavy (non-hydrogen) atoms. The molecule has 0 bridgehead atoms. The van der Waals surface area contributed by atoms with Gasteiger partial charge in [0.05, 0.1) is 24.1 Å². The molecule has 1 amide bonds. The lowest BCUT2D eigenvalue weighted by molar-refractivity contribution is 0.0698. The molecule has 0 aliphatic heterocycles. The van der Waals surface area contributed by atoms with Crippen molar-refractivity contribution in [1.82, 2.24) is 4.98 Å². The third-order valence-corrected chi connectivity index (χ3v) is 3.57. The van der Waals surface area contributed by atoms with Gasteiger partial charge in [-0.15, -0.1) is 11.3 Å². The summed E-state index contributed by atoms with van der Waals surface area (Å²) in [5.74, 6) is -0.713. The van der Waals surface area contributed by atoms with Gasteiger partial charge >= 0.3 is 5.97 Å². The van der Waals surface area contributed by atoms with Gasteiger partial charge in [0, 0.05) is 6.07 Å². The molecule has 2 aromatic heterocycles. The van der Waals surface area contributed by atoms with Crippen molar-refractivity contribution in [2.75, 3.05) is 11.9 Å². The summed E-state index contributed by atoms with van der Waals surface area (Å²) in [5.41, 5.74) is 0.613. The monoisotopic (exact) mass is 320 g/mol. The van der Waals surface area contributed by atoms with Crippen LogP contribution in [0.15, 0.2) is 29.8 Å². The second-order valence-electron chi connectivity index (χ2n) is 5.01. The molecule has 0 aliphatic rings.